The first-order valence-corrected chi connectivity index (χ1v) is 13.7. The van der Waals surface area contributed by atoms with E-state index in [9.17, 15) is 9.90 Å². The van der Waals surface area contributed by atoms with E-state index in [4.69, 9.17) is 4.74 Å². The molecule has 0 aromatic rings. The molecule has 0 amide bonds. The van der Waals surface area contributed by atoms with Crippen molar-refractivity contribution in [3.63, 3.8) is 0 Å². The van der Waals surface area contributed by atoms with Gasteiger partial charge in [-0.3, -0.25) is 4.79 Å². The predicted octanol–water partition coefficient (Wildman–Crippen LogP) is 5.51. The molecule has 11 unspecified atom stereocenters. The van der Waals surface area contributed by atoms with Crippen LogP contribution in [0.5, 0.6) is 0 Å². The van der Waals surface area contributed by atoms with Crippen molar-refractivity contribution >= 4 is 5.97 Å². The Morgan fingerprint density at radius 3 is 2.48 bits per heavy atom. The van der Waals surface area contributed by atoms with E-state index in [1.807, 2.05) is 0 Å². The molecule has 11 atom stereocenters. The summed E-state index contributed by atoms with van der Waals surface area (Å²) in [6, 6.07) is 0. The van der Waals surface area contributed by atoms with Crippen LogP contribution in [0.1, 0.15) is 83.5 Å². The van der Waals surface area contributed by atoms with Crippen LogP contribution in [0, 0.1) is 59.2 Å². The number of hydrogen-bond donors (Lipinski definition) is 1. The summed E-state index contributed by atoms with van der Waals surface area (Å²) in [4.78, 5) is 13.1. The number of carbonyl (C=O) groups is 1. The number of ether oxygens (including phenoxy) is 1. The van der Waals surface area contributed by atoms with Crippen LogP contribution in [-0.2, 0) is 9.53 Å². The first-order chi connectivity index (χ1) is 15.1. The van der Waals surface area contributed by atoms with Crippen LogP contribution in [0.2, 0.25) is 0 Å². The fourth-order valence-corrected chi connectivity index (χ4v) is 10.6. The Kier molecular flexibility index (Phi) is 4.48. The third kappa shape index (κ3) is 2.77. The Labute approximate surface area is 187 Å². The quantitative estimate of drug-likeness (QED) is 0.359. The van der Waals surface area contributed by atoms with E-state index in [1.165, 1.54) is 44.9 Å². The smallest absolute Gasteiger partial charge is 0.312 e. The molecule has 6 aliphatic carbocycles. The van der Waals surface area contributed by atoms with Gasteiger partial charge in [0.2, 0.25) is 0 Å². The zero-order valence-electron chi connectivity index (χ0n) is 19.0. The number of aliphatic hydroxyl groups is 1. The summed E-state index contributed by atoms with van der Waals surface area (Å²) >= 11 is 0. The maximum atomic E-state index is 13.1. The van der Waals surface area contributed by atoms with Crippen molar-refractivity contribution in [2.45, 2.75) is 95.2 Å². The van der Waals surface area contributed by atoms with E-state index in [2.05, 4.69) is 12.2 Å². The minimum atomic E-state index is -0.819. The van der Waals surface area contributed by atoms with Gasteiger partial charge in [0.1, 0.15) is 6.10 Å². The number of carbonyl (C=O) groups excluding carboxylic acids is 1. The van der Waals surface area contributed by atoms with Crippen molar-refractivity contribution in [3.8, 4) is 0 Å². The SMILES string of the molecule is O=C1OC2CCCCC2C1C(O)(CCC1CC2CC1C1C3C=CC(C3)C21)C1CCCC1. The standard InChI is InChI=1S/C28H40O3/c29-27-26(21-7-3-4-8-23(21)31-27)28(30,20-5-1-2-6-20)12-11-16-13-19-15-22(16)25-18-10-9-17(14-18)24(19)25/h9-10,16-26,30H,1-8,11-15H2. The molecule has 1 aliphatic heterocycles. The maximum Gasteiger partial charge on any atom is 0.312 e. The van der Waals surface area contributed by atoms with Gasteiger partial charge in [-0.15, -0.1) is 0 Å². The van der Waals surface area contributed by atoms with Gasteiger partial charge in [0, 0.05) is 5.92 Å². The summed E-state index contributed by atoms with van der Waals surface area (Å²) in [7, 11) is 0. The van der Waals surface area contributed by atoms with Crippen LogP contribution in [0.15, 0.2) is 12.2 Å². The topological polar surface area (TPSA) is 46.5 Å². The molecule has 0 spiro atoms. The van der Waals surface area contributed by atoms with Crippen molar-refractivity contribution in [2.24, 2.45) is 59.2 Å². The second-order valence-electron chi connectivity index (χ2n) is 12.7. The summed E-state index contributed by atoms with van der Waals surface area (Å²) in [5.74, 6) is 6.55. The van der Waals surface area contributed by atoms with Crippen molar-refractivity contribution in [2.75, 3.05) is 0 Å². The van der Waals surface area contributed by atoms with Gasteiger partial charge in [-0.05, 0) is 112 Å². The average molecular weight is 425 g/mol. The molecular formula is C28H40O3. The number of rotatable bonds is 5. The van der Waals surface area contributed by atoms with Gasteiger partial charge in [0.05, 0.1) is 11.5 Å². The van der Waals surface area contributed by atoms with Crippen LogP contribution in [0.3, 0.4) is 0 Å². The number of fused-ring (bicyclic) bond motifs is 10. The molecule has 4 bridgehead atoms. The highest BCUT2D eigenvalue weighted by molar-refractivity contribution is 5.77. The summed E-state index contributed by atoms with van der Waals surface area (Å²) in [5, 5.41) is 12.3. The molecule has 0 aromatic carbocycles. The van der Waals surface area contributed by atoms with Gasteiger partial charge < -0.3 is 9.84 Å². The Morgan fingerprint density at radius 2 is 1.65 bits per heavy atom. The summed E-state index contributed by atoms with van der Waals surface area (Å²) in [5.41, 5.74) is -0.819. The lowest BCUT2D eigenvalue weighted by Gasteiger charge is -2.43. The van der Waals surface area contributed by atoms with Gasteiger partial charge in [-0.1, -0.05) is 31.4 Å². The van der Waals surface area contributed by atoms with Crippen LogP contribution in [0.25, 0.3) is 0 Å². The molecule has 6 fully saturated rings. The molecule has 0 aromatic heterocycles. The first kappa shape index (κ1) is 19.6. The number of hydrogen-bond acceptors (Lipinski definition) is 3. The lowest BCUT2D eigenvalue weighted by Crippen LogP contribution is -2.50. The zero-order chi connectivity index (χ0) is 20.7. The Bertz CT molecular complexity index is 768. The van der Waals surface area contributed by atoms with Gasteiger partial charge in [0.25, 0.3) is 0 Å². The lowest BCUT2D eigenvalue weighted by atomic mass is 9.63. The lowest BCUT2D eigenvalue weighted by molar-refractivity contribution is -0.156. The van der Waals surface area contributed by atoms with Crippen molar-refractivity contribution in [1.29, 1.82) is 0 Å². The van der Waals surface area contributed by atoms with Crippen LogP contribution in [-0.4, -0.2) is 22.8 Å². The maximum absolute atomic E-state index is 13.1. The van der Waals surface area contributed by atoms with Gasteiger partial charge in [-0.25, -0.2) is 0 Å². The van der Waals surface area contributed by atoms with E-state index in [0.717, 1.165) is 80.0 Å². The van der Waals surface area contributed by atoms with Crippen LogP contribution >= 0.6 is 0 Å². The van der Waals surface area contributed by atoms with Crippen LogP contribution < -0.4 is 0 Å². The molecule has 1 saturated heterocycles. The minimum absolute atomic E-state index is 0.0578. The second-order valence-corrected chi connectivity index (χ2v) is 12.7. The minimum Gasteiger partial charge on any atom is -0.462 e. The molecule has 7 rings (SSSR count). The van der Waals surface area contributed by atoms with Crippen LogP contribution in [0.4, 0.5) is 0 Å². The molecule has 7 aliphatic rings. The highest BCUT2D eigenvalue weighted by Crippen LogP contribution is 2.67. The molecule has 3 nitrogen and oxygen atoms in total. The third-order valence-corrected chi connectivity index (χ3v) is 11.6. The summed E-state index contributed by atoms with van der Waals surface area (Å²) in [6.45, 7) is 0. The highest BCUT2D eigenvalue weighted by Gasteiger charge is 2.62. The van der Waals surface area contributed by atoms with Gasteiger partial charge in [0.15, 0.2) is 0 Å². The fraction of sp³-hybridized carbons (Fsp3) is 0.893. The Balaban J connectivity index is 1.12. The molecule has 31 heavy (non-hydrogen) atoms. The molecule has 3 heteroatoms. The van der Waals surface area contributed by atoms with Crippen molar-refractivity contribution < 1.29 is 14.6 Å². The molecule has 5 saturated carbocycles. The number of esters is 1. The van der Waals surface area contributed by atoms with Crippen molar-refractivity contribution in [3.05, 3.63) is 12.2 Å². The first-order valence-electron chi connectivity index (χ1n) is 13.7. The van der Waals surface area contributed by atoms with Gasteiger partial charge in [-0.2, -0.15) is 0 Å². The second kappa shape index (κ2) is 7.08. The zero-order valence-corrected chi connectivity index (χ0v) is 19.0. The number of allylic oxidation sites excluding steroid dienone is 2. The Morgan fingerprint density at radius 1 is 0.903 bits per heavy atom. The fourth-order valence-electron chi connectivity index (χ4n) is 10.6. The van der Waals surface area contributed by atoms with Gasteiger partial charge >= 0.3 is 5.97 Å². The van der Waals surface area contributed by atoms with Crippen molar-refractivity contribution in [1.82, 2.24) is 0 Å². The van der Waals surface area contributed by atoms with E-state index < -0.39 is 5.60 Å². The molecule has 1 N–H and O–H groups in total. The average Bonchev–Trinajstić information content (AvgIpc) is 3.58. The largest absolute Gasteiger partial charge is 0.462 e. The predicted molar refractivity (Wildman–Crippen MR) is 119 cm³/mol. The molecule has 1 heterocycles. The molecule has 0 radical (unpaired) electrons. The van der Waals surface area contributed by atoms with E-state index in [0.29, 0.717) is 5.92 Å². The summed E-state index contributed by atoms with van der Waals surface area (Å²) in [6.07, 6.45) is 20.5. The van der Waals surface area contributed by atoms with E-state index >= 15 is 0 Å². The third-order valence-electron chi connectivity index (χ3n) is 11.6. The normalized spacial score (nSPS) is 51.8. The Hall–Kier alpha value is -0.830. The summed E-state index contributed by atoms with van der Waals surface area (Å²) < 4.78 is 5.89. The van der Waals surface area contributed by atoms with E-state index in [1.54, 1.807) is 0 Å². The molecule has 170 valence electrons. The van der Waals surface area contributed by atoms with E-state index in [-0.39, 0.29) is 23.9 Å². The molecular weight excluding hydrogens is 384 g/mol. The monoisotopic (exact) mass is 424 g/mol. The highest BCUT2D eigenvalue weighted by atomic mass is 16.6.